The fraction of sp³-hybridized carbons (Fsp3) is 0.400. The normalized spacial score (nSPS) is 14.7. The Hall–Kier alpha value is -0.600. The Bertz CT molecular complexity index is 281. The summed E-state index contributed by atoms with van der Waals surface area (Å²) in [5, 5.41) is 1.78. The maximum atomic E-state index is 13.2. The number of hydrogen-bond donors (Lipinski definition) is 1. The predicted octanol–water partition coefficient (Wildman–Crippen LogP) is 2.38. The van der Waals surface area contributed by atoms with E-state index in [0.717, 1.165) is 0 Å². The van der Waals surface area contributed by atoms with Crippen molar-refractivity contribution >= 4 is 23.2 Å². The minimum atomic E-state index is -0.341. The van der Waals surface area contributed by atoms with E-state index in [4.69, 9.17) is 23.2 Å². The van der Waals surface area contributed by atoms with Gasteiger partial charge in [-0.1, -0.05) is 0 Å². The molecule has 0 aliphatic heterocycles. The summed E-state index contributed by atoms with van der Waals surface area (Å²) in [4.78, 5) is 0. The van der Waals surface area contributed by atoms with Crippen LogP contribution in [0.5, 0.6) is 0 Å². The second-order valence-electron chi connectivity index (χ2n) is 2.88. The van der Waals surface area contributed by atoms with Crippen molar-refractivity contribution in [3.63, 3.8) is 0 Å². The molecule has 1 aliphatic carbocycles. The van der Waals surface area contributed by atoms with E-state index in [1.807, 2.05) is 0 Å². The van der Waals surface area contributed by atoms with Gasteiger partial charge in [0.2, 0.25) is 0 Å². The maximum absolute atomic E-state index is 13.2. The fourth-order valence-electron chi connectivity index (χ4n) is 1.10. The molecule has 2 nitrogen and oxygen atoms in total. The zero-order chi connectivity index (χ0) is 11.1. The topological polar surface area (TPSA) is 15.3 Å². The van der Waals surface area contributed by atoms with Crippen LogP contribution in [0, 0.1) is 6.08 Å². The number of nitrogens with zero attached hydrogens (tertiary/aromatic N) is 1. The van der Waals surface area contributed by atoms with Crippen LogP contribution in [-0.2, 0) is 0 Å². The van der Waals surface area contributed by atoms with Gasteiger partial charge in [-0.15, -0.1) is 27.6 Å². The van der Waals surface area contributed by atoms with Crippen molar-refractivity contribution in [2.75, 3.05) is 24.8 Å². The molecule has 0 spiro atoms. The van der Waals surface area contributed by atoms with E-state index in [1.165, 1.54) is 6.08 Å². The lowest BCUT2D eigenvalue weighted by Gasteiger charge is -2.20. The molecule has 0 atom stereocenters. The van der Waals surface area contributed by atoms with Gasteiger partial charge in [-0.2, -0.15) is 0 Å². The zero-order valence-corrected chi connectivity index (χ0v) is 9.65. The standard InChI is InChI=1S/C10H12Cl2FN2/c11-5-7-15(8-6-12)14-10-4-2-1-3-9(10)13/h2-4,14H,5-8H2/q+1. The molecule has 0 heterocycles. The summed E-state index contributed by atoms with van der Waals surface area (Å²) in [7, 11) is 0. The van der Waals surface area contributed by atoms with Gasteiger partial charge in [0.25, 0.3) is 5.83 Å². The maximum Gasteiger partial charge on any atom is 0.265 e. The van der Waals surface area contributed by atoms with Gasteiger partial charge in [0.05, 0.1) is 6.08 Å². The molecule has 0 aromatic carbocycles. The quantitative estimate of drug-likeness (QED) is 0.442. The summed E-state index contributed by atoms with van der Waals surface area (Å²) in [5.41, 5.74) is 3.33. The van der Waals surface area contributed by atoms with E-state index in [2.05, 4.69) is 11.5 Å². The monoisotopic (exact) mass is 249 g/mol. The highest BCUT2D eigenvalue weighted by Gasteiger charge is 2.15. The van der Waals surface area contributed by atoms with Gasteiger partial charge in [0.15, 0.2) is 5.70 Å². The molecule has 1 N–H and O–H groups in total. The minimum absolute atomic E-state index is 0.341. The Balaban J connectivity index is 2.57. The molecule has 15 heavy (non-hydrogen) atoms. The van der Waals surface area contributed by atoms with Crippen molar-refractivity contribution in [2.24, 2.45) is 0 Å². The van der Waals surface area contributed by atoms with E-state index < -0.39 is 0 Å². The van der Waals surface area contributed by atoms with Crippen molar-refractivity contribution in [3.05, 3.63) is 35.8 Å². The van der Waals surface area contributed by atoms with Crippen molar-refractivity contribution < 1.29 is 4.39 Å². The van der Waals surface area contributed by atoms with E-state index in [9.17, 15) is 4.39 Å². The Morgan fingerprint density at radius 3 is 2.53 bits per heavy atom. The summed E-state index contributed by atoms with van der Waals surface area (Å²) >= 11 is 11.2. The van der Waals surface area contributed by atoms with Gasteiger partial charge < -0.3 is 0 Å². The molecule has 0 bridgehead atoms. The van der Waals surface area contributed by atoms with Gasteiger partial charge in [0.1, 0.15) is 12.2 Å². The predicted molar refractivity (Wildman–Crippen MR) is 61.2 cm³/mol. The van der Waals surface area contributed by atoms with E-state index in [-0.39, 0.29) is 5.83 Å². The van der Waals surface area contributed by atoms with Gasteiger partial charge in [-0.3, -0.25) is 5.43 Å². The number of halogens is 3. The summed E-state index contributed by atoms with van der Waals surface area (Å²) in [6, 6.07) is 0. The van der Waals surface area contributed by atoms with Crippen molar-refractivity contribution in [1.29, 1.82) is 0 Å². The molecule has 0 aromatic rings. The van der Waals surface area contributed by atoms with Gasteiger partial charge in [-0.25, -0.2) is 5.01 Å². The number of nitrogens with one attached hydrogen (secondary N) is 1. The zero-order valence-electron chi connectivity index (χ0n) is 8.14. The lowest BCUT2D eigenvalue weighted by molar-refractivity contribution is 0.240. The minimum Gasteiger partial charge on any atom is -0.294 e. The Labute approximate surface area is 99.0 Å². The Morgan fingerprint density at radius 2 is 2.00 bits per heavy atom. The first kappa shape index (κ1) is 12.5. The van der Waals surface area contributed by atoms with Crippen LogP contribution in [0.4, 0.5) is 4.39 Å². The third-order valence-corrected chi connectivity index (χ3v) is 2.14. The molecule has 0 saturated carbocycles. The molecule has 1 rings (SSSR count). The molecule has 0 saturated heterocycles. The number of hydrazine groups is 1. The first-order valence-corrected chi connectivity index (χ1v) is 5.64. The van der Waals surface area contributed by atoms with Crippen LogP contribution in [0.2, 0.25) is 0 Å². The Kier molecular flexibility index (Phi) is 5.66. The molecule has 0 fully saturated rings. The lowest BCUT2D eigenvalue weighted by atomic mass is 10.2. The van der Waals surface area contributed by atoms with Crippen molar-refractivity contribution in [1.82, 2.24) is 10.4 Å². The average molecular weight is 250 g/mol. The third-order valence-electron chi connectivity index (χ3n) is 1.80. The van der Waals surface area contributed by atoms with E-state index in [0.29, 0.717) is 30.5 Å². The largest absolute Gasteiger partial charge is 0.294 e. The molecular weight excluding hydrogens is 238 g/mol. The molecule has 1 aliphatic rings. The molecule has 82 valence electrons. The van der Waals surface area contributed by atoms with Gasteiger partial charge >= 0.3 is 0 Å². The Morgan fingerprint density at radius 1 is 1.33 bits per heavy atom. The highest BCUT2D eigenvalue weighted by Crippen LogP contribution is 2.11. The second kappa shape index (κ2) is 6.81. The number of rotatable bonds is 6. The second-order valence-corrected chi connectivity index (χ2v) is 3.64. The van der Waals surface area contributed by atoms with E-state index in [1.54, 1.807) is 17.2 Å². The number of alkyl halides is 2. The first-order valence-electron chi connectivity index (χ1n) is 4.57. The average Bonchev–Trinajstić information content (AvgIpc) is 2.22. The van der Waals surface area contributed by atoms with Crippen LogP contribution < -0.4 is 5.43 Å². The van der Waals surface area contributed by atoms with Crippen LogP contribution in [0.25, 0.3) is 0 Å². The third kappa shape index (κ3) is 4.18. The highest BCUT2D eigenvalue weighted by molar-refractivity contribution is 6.18. The highest BCUT2D eigenvalue weighted by atomic mass is 35.5. The van der Waals surface area contributed by atoms with Crippen LogP contribution in [0.3, 0.4) is 0 Å². The van der Waals surface area contributed by atoms with E-state index >= 15 is 0 Å². The molecular formula is C10H12Cl2FN2+. The SMILES string of the molecule is FC1=C(NN(CCCl)CCCl)C=C[C+]=C1. The van der Waals surface area contributed by atoms with Crippen molar-refractivity contribution in [2.45, 2.75) is 0 Å². The molecule has 0 unspecified atom stereocenters. The molecule has 5 heteroatoms. The summed E-state index contributed by atoms with van der Waals surface area (Å²) in [5.74, 6) is 0.584. The molecule has 0 radical (unpaired) electrons. The van der Waals surface area contributed by atoms with Crippen LogP contribution in [-0.4, -0.2) is 29.9 Å². The van der Waals surface area contributed by atoms with Gasteiger partial charge in [0, 0.05) is 30.9 Å². The first-order chi connectivity index (χ1) is 7.27. The van der Waals surface area contributed by atoms with Crippen molar-refractivity contribution in [3.8, 4) is 0 Å². The summed E-state index contributed by atoms with van der Waals surface area (Å²) < 4.78 is 13.2. The summed E-state index contributed by atoms with van der Waals surface area (Å²) in [6.45, 7) is 1.21. The van der Waals surface area contributed by atoms with Crippen LogP contribution in [0.15, 0.2) is 29.8 Å². The molecule has 0 aromatic heterocycles. The summed E-state index contributed by atoms with van der Waals surface area (Å²) in [6.07, 6.45) is 7.19. The number of allylic oxidation sites excluding steroid dienone is 5. The smallest absolute Gasteiger partial charge is 0.265 e. The lowest BCUT2D eigenvalue weighted by Crippen LogP contribution is -2.40. The van der Waals surface area contributed by atoms with Gasteiger partial charge in [-0.05, 0) is 0 Å². The van der Waals surface area contributed by atoms with Crippen LogP contribution >= 0.6 is 23.2 Å². The fourth-order valence-corrected chi connectivity index (χ4v) is 1.51. The number of hydrogen-bond acceptors (Lipinski definition) is 2. The molecule has 0 amide bonds. The van der Waals surface area contributed by atoms with Crippen LogP contribution in [0.1, 0.15) is 0 Å².